The molecular formula is C20H16FN3OS. The lowest BCUT2D eigenvalue weighted by Gasteiger charge is -2.17. The van der Waals surface area contributed by atoms with Gasteiger partial charge >= 0.3 is 0 Å². The molecule has 3 heterocycles. The van der Waals surface area contributed by atoms with E-state index in [4.69, 9.17) is 4.98 Å². The molecule has 0 atom stereocenters. The van der Waals surface area contributed by atoms with E-state index in [-0.39, 0.29) is 11.4 Å². The molecular weight excluding hydrogens is 349 g/mol. The van der Waals surface area contributed by atoms with Crippen molar-refractivity contribution in [2.45, 2.75) is 24.7 Å². The van der Waals surface area contributed by atoms with E-state index in [9.17, 15) is 9.18 Å². The summed E-state index contributed by atoms with van der Waals surface area (Å²) in [5.74, 6) is 0.732. The molecule has 2 aromatic heterocycles. The number of halogens is 1. The molecule has 26 heavy (non-hydrogen) atoms. The molecule has 0 radical (unpaired) electrons. The minimum Gasteiger partial charge on any atom is -0.330 e. The van der Waals surface area contributed by atoms with Crippen molar-refractivity contribution in [3.63, 3.8) is 0 Å². The first-order valence-electron chi connectivity index (χ1n) is 8.61. The fraction of sp³-hybridized carbons (Fsp3) is 0.200. The average molecular weight is 365 g/mol. The minimum absolute atomic E-state index is 0.00973. The maximum absolute atomic E-state index is 13.3. The second-order valence-electron chi connectivity index (χ2n) is 6.48. The largest absolute Gasteiger partial charge is 0.330 e. The Bertz CT molecular complexity index is 1190. The third-order valence-electron chi connectivity index (χ3n) is 4.84. The lowest BCUT2D eigenvalue weighted by molar-refractivity contribution is 0.569. The summed E-state index contributed by atoms with van der Waals surface area (Å²) in [6.07, 6.45) is 0.975. The zero-order valence-corrected chi connectivity index (χ0v) is 14.8. The summed E-state index contributed by atoms with van der Waals surface area (Å²) >= 11 is 1.64. The van der Waals surface area contributed by atoms with Crippen LogP contribution in [-0.2, 0) is 13.1 Å². The van der Waals surface area contributed by atoms with E-state index < -0.39 is 0 Å². The van der Waals surface area contributed by atoms with Gasteiger partial charge in [-0.15, -0.1) is 0 Å². The maximum atomic E-state index is 13.3. The molecule has 0 N–H and O–H groups in total. The number of hydrogen-bond acceptors (Lipinski definition) is 3. The van der Waals surface area contributed by atoms with E-state index in [0.717, 1.165) is 39.3 Å². The van der Waals surface area contributed by atoms with Crippen molar-refractivity contribution in [2.75, 3.05) is 5.75 Å². The predicted octanol–water partition coefficient (Wildman–Crippen LogP) is 4.03. The highest BCUT2D eigenvalue weighted by atomic mass is 32.2. The van der Waals surface area contributed by atoms with Crippen LogP contribution < -0.4 is 5.56 Å². The molecule has 1 aliphatic heterocycles. The number of thioether (sulfide) groups is 1. The number of aromatic nitrogens is 3. The van der Waals surface area contributed by atoms with E-state index in [2.05, 4.69) is 0 Å². The van der Waals surface area contributed by atoms with Crippen LogP contribution in [0, 0.1) is 5.82 Å². The molecule has 5 rings (SSSR count). The number of nitrogens with zero attached hydrogens (tertiary/aromatic N) is 3. The van der Waals surface area contributed by atoms with Crippen molar-refractivity contribution in [1.82, 2.24) is 14.1 Å². The molecule has 0 unspecified atom stereocenters. The highest BCUT2D eigenvalue weighted by Crippen LogP contribution is 2.30. The van der Waals surface area contributed by atoms with Crippen molar-refractivity contribution in [2.24, 2.45) is 0 Å². The van der Waals surface area contributed by atoms with Crippen molar-refractivity contribution in [1.29, 1.82) is 0 Å². The molecule has 0 amide bonds. The Morgan fingerprint density at radius 2 is 1.92 bits per heavy atom. The van der Waals surface area contributed by atoms with Crippen molar-refractivity contribution in [3.8, 4) is 0 Å². The Labute approximate surface area is 153 Å². The standard InChI is InChI=1S/C20H16FN3OS/c21-14-8-6-13(7-9-14)12-24-16-5-2-1-4-15(16)17-18(24)19(25)23-10-3-11-26-20(23)22-17/h1-2,4-9H,3,10-12H2. The van der Waals surface area contributed by atoms with Gasteiger partial charge in [0.25, 0.3) is 5.56 Å². The van der Waals surface area contributed by atoms with E-state index in [1.807, 2.05) is 28.8 Å². The summed E-state index contributed by atoms with van der Waals surface area (Å²) in [6.45, 7) is 1.22. The number of fused-ring (bicyclic) bond motifs is 4. The van der Waals surface area contributed by atoms with E-state index in [0.29, 0.717) is 18.6 Å². The molecule has 0 saturated heterocycles. The number of benzene rings is 2. The number of hydrogen-bond donors (Lipinski definition) is 0. The zero-order chi connectivity index (χ0) is 17.7. The SMILES string of the molecule is O=c1c2c(nc3n1CCCS3)c1ccccc1n2Cc1ccc(F)cc1. The summed E-state index contributed by atoms with van der Waals surface area (Å²) in [5.41, 5.74) is 3.32. The van der Waals surface area contributed by atoms with Gasteiger partial charge in [0.15, 0.2) is 5.16 Å². The Balaban J connectivity index is 1.82. The van der Waals surface area contributed by atoms with Gasteiger partial charge in [0, 0.05) is 24.2 Å². The smallest absolute Gasteiger partial charge is 0.278 e. The summed E-state index contributed by atoms with van der Waals surface area (Å²) in [4.78, 5) is 18.1. The predicted molar refractivity (Wildman–Crippen MR) is 102 cm³/mol. The average Bonchev–Trinajstić information content (AvgIpc) is 2.98. The van der Waals surface area contributed by atoms with Gasteiger partial charge in [-0.3, -0.25) is 9.36 Å². The Morgan fingerprint density at radius 1 is 1.12 bits per heavy atom. The van der Waals surface area contributed by atoms with Gasteiger partial charge in [0.05, 0.1) is 5.52 Å². The van der Waals surface area contributed by atoms with E-state index in [1.165, 1.54) is 12.1 Å². The fourth-order valence-corrected chi connectivity index (χ4v) is 4.56. The molecule has 4 aromatic rings. The van der Waals surface area contributed by atoms with Crippen LogP contribution in [0.5, 0.6) is 0 Å². The Kier molecular flexibility index (Phi) is 3.60. The van der Waals surface area contributed by atoms with Crippen LogP contribution in [0.1, 0.15) is 12.0 Å². The molecule has 6 heteroatoms. The molecule has 2 aromatic carbocycles. The van der Waals surface area contributed by atoms with Crippen molar-refractivity contribution in [3.05, 3.63) is 70.3 Å². The van der Waals surface area contributed by atoms with E-state index in [1.54, 1.807) is 28.5 Å². The van der Waals surface area contributed by atoms with E-state index >= 15 is 0 Å². The van der Waals surface area contributed by atoms with Crippen molar-refractivity contribution >= 4 is 33.7 Å². The first kappa shape index (κ1) is 15.6. The third-order valence-corrected chi connectivity index (χ3v) is 5.90. The molecule has 0 saturated carbocycles. The maximum Gasteiger partial charge on any atom is 0.278 e. The van der Waals surface area contributed by atoms with Crippen LogP contribution >= 0.6 is 11.8 Å². The molecule has 0 aliphatic carbocycles. The zero-order valence-electron chi connectivity index (χ0n) is 14.0. The second kappa shape index (κ2) is 5.99. The van der Waals surface area contributed by atoms with Gasteiger partial charge in [-0.1, -0.05) is 42.1 Å². The summed E-state index contributed by atoms with van der Waals surface area (Å²) in [6, 6.07) is 14.4. The van der Waals surface area contributed by atoms with Crippen LogP contribution in [-0.4, -0.2) is 19.9 Å². The monoisotopic (exact) mass is 365 g/mol. The van der Waals surface area contributed by atoms with Gasteiger partial charge < -0.3 is 4.57 Å². The van der Waals surface area contributed by atoms with Gasteiger partial charge in [0.1, 0.15) is 16.9 Å². The van der Waals surface area contributed by atoms with Gasteiger partial charge in [0.2, 0.25) is 0 Å². The minimum atomic E-state index is -0.260. The Morgan fingerprint density at radius 3 is 2.77 bits per heavy atom. The first-order valence-corrected chi connectivity index (χ1v) is 9.60. The number of rotatable bonds is 2. The van der Waals surface area contributed by atoms with Crippen LogP contribution in [0.15, 0.2) is 58.5 Å². The Hall–Kier alpha value is -2.60. The molecule has 0 fully saturated rings. The summed E-state index contributed by atoms with van der Waals surface area (Å²) in [7, 11) is 0. The highest BCUT2D eigenvalue weighted by molar-refractivity contribution is 7.99. The lowest BCUT2D eigenvalue weighted by Crippen LogP contribution is -2.27. The van der Waals surface area contributed by atoms with Crippen LogP contribution in [0.25, 0.3) is 21.9 Å². The van der Waals surface area contributed by atoms with Gasteiger partial charge in [-0.25, -0.2) is 9.37 Å². The number of para-hydroxylation sites is 1. The highest BCUT2D eigenvalue weighted by Gasteiger charge is 2.21. The topological polar surface area (TPSA) is 39.8 Å². The summed E-state index contributed by atoms with van der Waals surface area (Å²) in [5, 5.41) is 1.79. The van der Waals surface area contributed by atoms with Gasteiger partial charge in [-0.2, -0.15) is 0 Å². The molecule has 4 nitrogen and oxygen atoms in total. The molecule has 130 valence electrons. The lowest BCUT2D eigenvalue weighted by atomic mass is 10.2. The van der Waals surface area contributed by atoms with Crippen molar-refractivity contribution < 1.29 is 4.39 Å². The molecule has 1 aliphatic rings. The quantitative estimate of drug-likeness (QED) is 0.504. The summed E-state index contributed by atoms with van der Waals surface area (Å²) < 4.78 is 17.1. The second-order valence-corrected chi connectivity index (χ2v) is 7.54. The normalized spacial score (nSPS) is 14.0. The van der Waals surface area contributed by atoms with Gasteiger partial charge in [-0.05, 0) is 30.2 Å². The van der Waals surface area contributed by atoms with Crippen LogP contribution in [0.4, 0.5) is 4.39 Å². The fourth-order valence-electron chi connectivity index (χ4n) is 3.62. The third kappa shape index (κ3) is 2.36. The van der Waals surface area contributed by atoms with Crippen LogP contribution in [0.2, 0.25) is 0 Å². The first-order chi connectivity index (χ1) is 12.7. The molecule has 0 spiro atoms. The molecule has 0 bridgehead atoms. The van der Waals surface area contributed by atoms with Crippen LogP contribution in [0.3, 0.4) is 0 Å².